The first-order valence-corrected chi connectivity index (χ1v) is 13.8. The number of ether oxygens (including phenoxy) is 2. The minimum absolute atomic E-state index is 0.111. The number of carbonyl (C=O) groups is 4. The third-order valence-corrected chi connectivity index (χ3v) is 6.77. The molecule has 0 radical (unpaired) electrons. The molecule has 2 aromatic carbocycles. The van der Waals surface area contributed by atoms with Gasteiger partial charge in [-0.25, -0.2) is 14.4 Å². The molecule has 236 valence electrons. The first-order valence-electron chi connectivity index (χ1n) is 13.4. The van der Waals surface area contributed by atoms with Gasteiger partial charge in [-0.05, 0) is 35.9 Å². The van der Waals surface area contributed by atoms with Crippen LogP contribution in [0.15, 0.2) is 59.4 Å². The summed E-state index contributed by atoms with van der Waals surface area (Å²) in [6.45, 7) is 3.66. The van der Waals surface area contributed by atoms with E-state index in [-0.39, 0.29) is 18.6 Å². The number of nitrogens with zero attached hydrogens (tertiary/aromatic N) is 1. The Kier molecular flexibility index (Phi) is 12.8. The Hall–Kier alpha value is -4.34. The lowest BCUT2D eigenvalue weighted by molar-refractivity contribution is -0.165. The number of halogens is 1. The van der Waals surface area contributed by atoms with Gasteiger partial charge in [0.1, 0.15) is 12.6 Å². The summed E-state index contributed by atoms with van der Waals surface area (Å²) in [5, 5.41) is 36.6. The topological polar surface area (TPSA) is 216 Å². The number of pyridine rings is 1. The first kappa shape index (κ1) is 34.2. The molecule has 1 fully saturated rings. The molecule has 44 heavy (non-hydrogen) atoms. The number of para-hydroxylation sites is 1. The Morgan fingerprint density at radius 2 is 1.59 bits per heavy atom. The zero-order chi connectivity index (χ0) is 32.2. The number of carboxylic acid groups (broad SMARTS) is 2. The molecule has 4 rings (SSSR count). The minimum Gasteiger partial charge on any atom is -0.479 e. The van der Waals surface area contributed by atoms with Gasteiger partial charge in [0.05, 0.1) is 13.2 Å². The maximum Gasteiger partial charge on any atom is 0.335 e. The second-order valence-electron chi connectivity index (χ2n) is 9.63. The van der Waals surface area contributed by atoms with Crippen molar-refractivity contribution in [3.63, 3.8) is 0 Å². The lowest BCUT2D eigenvalue weighted by Crippen LogP contribution is -2.44. The molecule has 0 saturated carbocycles. The second kappa shape index (κ2) is 16.5. The molecule has 1 aliphatic rings. The number of rotatable bonds is 11. The van der Waals surface area contributed by atoms with Crippen LogP contribution in [0.3, 0.4) is 0 Å². The Morgan fingerprint density at radius 1 is 0.977 bits per heavy atom. The predicted molar refractivity (Wildman–Crippen MR) is 156 cm³/mol. The van der Waals surface area contributed by atoms with Crippen LogP contribution in [-0.4, -0.2) is 112 Å². The molecule has 0 aliphatic carbocycles. The van der Waals surface area contributed by atoms with E-state index in [0.29, 0.717) is 41.4 Å². The van der Waals surface area contributed by atoms with Crippen molar-refractivity contribution in [2.75, 3.05) is 39.5 Å². The number of esters is 1. The number of hydrogen-bond acceptors (Lipinski definition) is 10. The summed E-state index contributed by atoms with van der Waals surface area (Å²) < 4.78 is 10.9. The fraction of sp³-hybridized carbons (Fsp3) is 0.345. The summed E-state index contributed by atoms with van der Waals surface area (Å²) in [6, 6.07) is 14.2. The highest BCUT2D eigenvalue weighted by Gasteiger charge is 2.29. The number of aliphatic carboxylic acids is 2. The fourth-order valence-corrected chi connectivity index (χ4v) is 4.30. The highest BCUT2D eigenvalue weighted by molar-refractivity contribution is 6.30. The number of aromatic nitrogens is 1. The van der Waals surface area contributed by atoms with E-state index in [1.807, 2.05) is 18.2 Å². The summed E-state index contributed by atoms with van der Waals surface area (Å²) in [6.07, 6.45) is -4.42. The van der Waals surface area contributed by atoms with Gasteiger partial charge in [-0.2, -0.15) is 0 Å². The SMILES string of the molecule is O=C(NC(Cc1cc(=O)[nH]c2ccccc12)C(=O)OCCN1CCOCC1)c1ccc(Cl)cc1.O=C(O)C(O)C(O)C(=O)O. The Bertz CT molecular complexity index is 1490. The molecule has 1 saturated heterocycles. The van der Waals surface area contributed by atoms with E-state index in [4.69, 9.17) is 41.5 Å². The Balaban J connectivity index is 0.000000456. The smallest absolute Gasteiger partial charge is 0.335 e. The number of aliphatic hydroxyl groups is 2. The van der Waals surface area contributed by atoms with Crippen LogP contribution in [0, 0.1) is 0 Å². The number of morpholine rings is 1. The molecular formula is C29H32ClN3O11. The standard InChI is InChI=1S/C25H26ClN3O5.C4H6O6/c26-19-7-5-17(6-8-19)24(31)28-22(25(32)34-14-11-29-9-12-33-13-10-29)15-18-16-23(30)27-21-4-2-1-3-20(18)21;5-1(3(7)8)2(6)4(9)10/h1-8,16,22H,9-15H2,(H,27,30)(H,28,31);1-2,5-6H,(H,7,8)(H,9,10). The molecule has 1 aromatic heterocycles. The molecule has 0 bridgehead atoms. The average molecular weight is 634 g/mol. The van der Waals surface area contributed by atoms with Crippen molar-refractivity contribution < 1.29 is 49.1 Å². The number of aliphatic hydroxyl groups excluding tert-OH is 2. The number of nitrogens with one attached hydrogen (secondary N) is 2. The van der Waals surface area contributed by atoms with Gasteiger partial charge in [0.15, 0.2) is 12.2 Å². The third kappa shape index (κ3) is 10.1. The number of fused-ring (bicyclic) bond motifs is 1. The van der Waals surface area contributed by atoms with Crippen LogP contribution in [0.5, 0.6) is 0 Å². The molecule has 3 atom stereocenters. The number of amides is 1. The molecule has 1 amide bonds. The number of benzene rings is 2. The molecule has 0 spiro atoms. The van der Waals surface area contributed by atoms with Gasteiger partial charge in [-0.3, -0.25) is 14.5 Å². The molecule has 1 aliphatic heterocycles. The monoisotopic (exact) mass is 633 g/mol. The van der Waals surface area contributed by atoms with Gasteiger partial charge >= 0.3 is 17.9 Å². The Morgan fingerprint density at radius 3 is 2.20 bits per heavy atom. The average Bonchev–Trinajstić information content (AvgIpc) is 3.00. The number of hydrogen-bond donors (Lipinski definition) is 6. The fourth-order valence-electron chi connectivity index (χ4n) is 4.17. The van der Waals surface area contributed by atoms with Gasteiger partial charge in [0.2, 0.25) is 5.56 Å². The van der Waals surface area contributed by atoms with Crippen LogP contribution < -0.4 is 10.9 Å². The second-order valence-corrected chi connectivity index (χ2v) is 10.1. The van der Waals surface area contributed by atoms with Crippen molar-refractivity contribution in [2.24, 2.45) is 0 Å². The lowest BCUT2D eigenvalue weighted by Gasteiger charge is -2.26. The largest absolute Gasteiger partial charge is 0.479 e. The van der Waals surface area contributed by atoms with Gasteiger partial charge < -0.3 is 40.2 Å². The van der Waals surface area contributed by atoms with Crippen LogP contribution in [0.4, 0.5) is 0 Å². The van der Waals surface area contributed by atoms with E-state index in [0.717, 1.165) is 18.5 Å². The molecule has 6 N–H and O–H groups in total. The van der Waals surface area contributed by atoms with E-state index in [2.05, 4.69) is 15.2 Å². The summed E-state index contributed by atoms with van der Waals surface area (Å²) >= 11 is 5.92. The van der Waals surface area contributed by atoms with Crippen molar-refractivity contribution in [1.29, 1.82) is 0 Å². The van der Waals surface area contributed by atoms with Crippen LogP contribution in [0.1, 0.15) is 15.9 Å². The number of carbonyl (C=O) groups excluding carboxylic acids is 2. The maximum atomic E-state index is 13.0. The Labute approximate surface area is 255 Å². The summed E-state index contributed by atoms with van der Waals surface area (Å²) in [4.78, 5) is 62.6. The molecule has 15 heteroatoms. The zero-order valence-corrected chi connectivity index (χ0v) is 24.1. The van der Waals surface area contributed by atoms with E-state index in [9.17, 15) is 24.0 Å². The molecular weight excluding hydrogens is 602 g/mol. The van der Waals surface area contributed by atoms with Gasteiger partial charge in [-0.15, -0.1) is 0 Å². The highest BCUT2D eigenvalue weighted by atomic mass is 35.5. The van der Waals surface area contributed by atoms with Crippen molar-refractivity contribution in [2.45, 2.75) is 24.7 Å². The van der Waals surface area contributed by atoms with Crippen molar-refractivity contribution in [3.05, 3.63) is 81.1 Å². The minimum atomic E-state index is -2.27. The summed E-state index contributed by atoms with van der Waals surface area (Å²) in [5.74, 6) is -4.52. The van der Waals surface area contributed by atoms with Crippen LogP contribution in [0.2, 0.25) is 5.02 Å². The first-order chi connectivity index (χ1) is 21.0. The van der Waals surface area contributed by atoms with Gasteiger partial charge in [-0.1, -0.05) is 29.8 Å². The molecule has 3 aromatic rings. The summed E-state index contributed by atoms with van der Waals surface area (Å²) in [5.41, 5.74) is 1.39. The van der Waals surface area contributed by atoms with Crippen LogP contribution >= 0.6 is 11.6 Å². The number of aromatic amines is 1. The molecule has 3 unspecified atom stereocenters. The van der Waals surface area contributed by atoms with E-state index < -0.39 is 42.1 Å². The predicted octanol–water partition coefficient (Wildman–Crippen LogP) is 0.275. The van der Waals surface area contributed by atoms with Crippen molar-refractivity contribution in [3.8, 4) is 0 Å². The molecule has 14 nitrogen and oxygen atoms in total. The van der Waals surface area contributed by atoms with Crippen LogP contribution in [-0.2, 0) is 30.3 Å². The quantitative estimate of drug-likeness (QED) is 0.157. The van der Waals surface area contributed by atoms with E-state index >= 15 is 0 Å². The van der Waals surface area contributed by atoms with Crippen LogP contribution in [0.25, 0.3) is 10.9 Å². The van der Waals surface area contributed by atoms with E-state index in [1.165, 1.54) is 6.07 Å². The maximum absolute atomic E-state index is 13.0. The lowest BCUT2D eigenvalue weighted by atomic mass is 10.0. The normalized spacial score (nSPS) is 15.2. The van der Waals surface area contributed by atoms with E-state index in [1.54, 1.807) is 30.3 Å². The zero-order valence-electron chi connectivity index (χ0n) is 23.3. The van der Waals surface area contributed by atoms with Crippen molar-refractivity contribution in [1.82, 2.24) is 15.2 Å². The van der Waals surface area contributed by atoms with Gasteiger partial charge in [0.25, 0.3) is 5.91 Å². The third-order valence-electron chi connectivity index (χ3n) is 6.52. The highest BCUT2D eigenvalue weighted by Crippen LogP contribution is 2.17. The van der Waals surface area contributed by atoms with Gasteiger partial charge in [0, 0.05) is 53.6 Å². The van der Waals surface area contributed by atoms with Crippen molar-refractivity contribution >= 4 is 46.3 Å². The molecule has 2 heterocycles. The number of H-pyrrole nitrogens is 1. The summed E-state index contributed by atoms with van der Waals surface area (Å²) in [7, 11) is 0. The number of carboxylic acids is 2.